The van der Waals surface area contributed by atoms with E-state index < -0.39 is 0 Å². The SMILES string of the molecule is NNC(=O)c1cccnc1.[C]. The van der Waals surface area contributed by atoms with Crippen LogP contribution in [0.3, 0.4) is 0 Å². The Kier molecular flexibility index (Phi) is 3.84. The maximum atomic E-state index is 10.7. The van der Waals surface area contributed by atoms with Gasteiger partial charge in [-0.3, -0.25) is 15.2 Å². The van der Waals surface area contributed by atoms with Crippen molar-refractivity contribution in [1.29, 1.82) is 0 Å². The van der Waals surface area contributed by atoms with Gasteiger partial charge < -0.3 is 0 Å². The van der Waals surface area contributed by atoms with Crippen LogP contribution in [0.5, 0.6) is 0 Å². The van der Waals surface area contributed by atoms with Crippen LogP contribution >= 0.6 is 0 Å². The minimum absolute atomic E-state index is 0. The zero-order chi connectivity index (χ0) is 7.40. The molecule has 0 aliphatic carbocycles. The van der Waals surface area contributed by atoms with Gasteiger partial charge in [0.2, 0.25) is 0 Å². The number of amides is 1. The van der Waals surface area contributed by atoms with Crippen LogP contribution in [0.2, 0.25) is 0 Å². The zero-order valence-corrected chi connectivity index (χ0v) is 5.74. The molecule has 0 saturated heterocycles. The van der Waals surface area contributed by atoms with Crippen LogP contribution in [0.4, 0.5) is 0 Å². The third-order valence-corrected chi connectivity index (χ3v) is 1.05. The summed E-state index contributed by atoms with van der Waals surface area (Å²) in [7, 11) is 0. The van der Waals surface area contributed by atoms with Crippen molar-refractivity contribution in [2.24, 2.45) is 5.84 Å². The molecule has 4 heteroatoms. The number of hydrogen-bond donors (Lipinski definition) is 2. The molecule has 3 N–H and O–H groups in total. The number of nitrogen functional groups attached to an aromatic ring is 1. The van der Waals surface area contributed by atoms with Gasteiger partial charge in [-0.25, -0.2) is 5.84 Å². The maximum absolute atomic E-state index is 10.7. The fraction of sp³-hybridized carbons (Fsp3) is 0. The molecule has 0 saturated carbocycles. The van der Waals surface area contributed by atoms with Gasteiger partial charge in [0.05, 0.1) is 5.56 Å². The molecule has 1 aromatic rings. The van der Waals surface area contributed by atoms with Gasteiger partial charge in [0.25, 0.3) is 5.91 Å². The minimum atomic E-state index is -0.326. The van der Waals surface area contributed by atoms with Gasteiger partial charge in [-0.2, -0.15) is 0 Å². The first-order valence-electron chi connectivity index (χ1n) is 2.75. The highest BCUT2D eigenvalue weighted by Crippen LogP contribution is 1.92. The summed E-state index contributed by atoms with van der Waals surface area (Å²) in [6.07, 6.45) is 3.04. The van der Waals surface area contributed by atoms with Gasteiger partial charge in [0, 0.05) is 19.8 Å². The van der Waals surface area contributed by atoms with E-state index in [0.29, 0.717) is 5.56 Å². The molecule has 56 valence electrons. The van der Waals surface area contributed by atoms with E-state index in [9.17, 15) is 4.79 Å². The number of rotatable bonds is 1. The van der Waals surface area contributed by atoms with Crippen LogP contribution in [0.25, 0.3) is 0 Å². The fourth-order valence-corrected chi connectivity index (χ4v) is 0.580. The summed E-state index contributed by atoms with van der Waals surface area (Å²) < 4.78 is 0. The van der Waals surface area contributed by atoms with Crippen molar-refractivity contribution in [3.63, 3.8) is 0 Å². The molecule has 4 radical (unpaired) electrons. The Labute approximate surface area is 65.4 Å². The molecule has 0 atom stereocenters. The molecule has 0 aliphatic heterocycles. The van der Waals surface area contributed by atoms with Crippen LogP contribution in [0.1, 0.15) is 10.4 Å². The molecule has 0 aromatic carbocycles. The van der Waals surface area contributed by atoms with Crippen LogP contribution in [0.15, 0.2) is 24.5 Å². The van der Waals surface area contributed by atoms with E-state index in [4.69, 9.17) is 5.84 Å². The maximum Gasteiger partial charge on any atom is 0.266 e. The smallest absolute Gasteiger partial charge is 0.266 e. The number of nitrogens with zero attached hydrogens (tertiary/aromatic N) is 1. The number of nitrogens with one attached hydrogen (secondary N) is 1. The van der Waals surface area contributed by atoms with Crippen molar-refractivity contribution >= 4 is 5.91 Å². The average molecular weight is 149 g/mol. The van der Waals surface area contributed by atoms with E-state index in [1.807, 2.05) is 5.43 Å². The second kappa shape index (κ2) is 4.40. The quantitative estimate of drug-likeness (QED) is 0.329. The van der Waals surface area contributed by atoms with E-state index >= 15 is 0 Å². The van der Waals surface area contributed by atoms with Crippen LogP contribution in [-0.4, -0.2) is 10.9 Å². The summed E-state index contributed by atoms with van der Waals surface area (Å²) in [5.41, 5.74) is 2.47. The molecule has 1 aromatic heterocycles. The van der Waals surface area contributed by atoms with Gasteiger partial charge in [0.1, 0.15) is 0 Å². The standard InChI is InChI=1S/C6H7N3O.C/c7-9-6(10)5-2-1-3-8-4-5;/h1-4H,7H2,(H,9,10);. The third kappa shape index (κ3) is 2.35. The summed E-state index contributed by atoms with van der Waals surface area (Å²) in [6, 6.07) is 3.31. The lowest BCUT2D eigenvalue weighted by molar-refractivity contribution is 0.0953. The molecule has 0 bridgehead atoms. The first-order valence-corrected chi connectivity index (χ1v) is 2.75. The molecule has 1 heterocycles. The van der Waals surface area contributed by atoms with Gasteiger partial charge in [-0.1, -0.05) is 0 Å². The topological polar surface area (TPSA) is 68.0 Å². The summed E-state index contributed by atoms with van der Waals surface area (Å²) in [5.74, 6) is 4.55. The Morgan fingerprint density at radius 3 is 2.82 bits per heavy atom. The van der Waals surface area contributed by atoms with E-state index in [2.05, 4.69) is 4.98 Å². The van der Waals surface area contributed by atoms with Crippen molar-refractivity contribution in [1.82, 2.24) is 10.4 Å². The minimum Gasteiger partial charge on any atom is -0.290 e. The lowest BCUT2D eigenvalue weighted by Gasteiger charge is -1.95. The Morgan fingerprint density at radius 2 is 2.36 bits per heavy atom. The molecular weight excluding hydrogens is 142 g/mol. The average Bonchev–Trinajstić information content (AvgIpc) is 2.05. The van der Waals surface area contributed by atoms with Gasteiger partial charge >= 0.3 is 0 Å². The van der Waals surface area contributed by atoms with Crippen LogP contribution in [0, 0.1) is 7.43 Å². The Bertz CT molecular complexity index is 222. The number of hydrazine groups is 1. The van der Waals surface area contributed by atoms with Gasteiger partial charge in [0.15, 0.2) is 0 Å². The van der Waals surface area contributed by atoms with Crippen molar-refractivity contribution in [3.8, 4) is 0 Å². The molecule has 1 rings (SSSR count). The molecular formula is C7H7N3O. The Balaban J connectivity index is 0.000001000. The first-order chi connectivity index (χ1) is 4.84. The van der Waals surface area contributed by atoms with Crippen LogP contribution in [-0.2, 0) is 0 Å². The molecule has 0 spiro atoms. The van der Waals surface area contributed by atoms with E-state index in [1.165, 1.54) is 6.20 Å². The Hall–Kier alpha value is -1.42. The summed E-state index contributed by atoms with van der Waals surface area (Å²) in [6.45, 7) is 0. The summed E-state index contributed by atoms with van der Waals surface area (Å²) >= 11 is 0. The third-order valence-electron chi connectivity index (χ3n) is 1.05. The fourth-order valence-electron chi connectivity index (χ4n) is 0.580. The highest BCUT2D eigenvalue weighted by Gasteiger charge is 1.99. The number of pyridine rings is 1. The highest BCUT2D eigenvalue weighted by atomic mass is 16.2. The number of carbonyl (C=O) groups excluding carboxylic acids is 1. The zero-order valence-electron chi connectivity index (χ0n) is 5.74. The predicted molar refractivity (Wildman–Crippen MR) is 39.1 cm³/mol. The second-order valence-corrected chi connectivity index (χ2v) is 1.72. The van der Waals surface area contributed by atoms with Gasteiger partial charge in [-0.15, -0.1) is 0 Å². The monoisotopic (exact) mass is 149 g/mol. The lowest BCUT2D eigenvalue weighted by atomic mass is 10.3. The van der Waals surface area contributed by atoms with Crippen molar-refractivity contribution in [2.45, 2.75) is 0 Å². The van der Waals surface area contributed by atoms with E-state index in [1.54, 1.807) is 18.3 Å². The molecule has 0 unspecified atom stereocenters. The number of nitrogens with two attached hydrogens (primary N) is 1. The first kappa shape index (κ1) is 9.58. The van der Waals surface area contributed by atoms with Crippen molar-refractivity contribution in [3.05, 3.63) is 37.5 Å². The molecule has 1 amide bonds. The molecule has 11 heavy (non-hydrogen) atoms. The predicted octanol–water partition coefficient (Wildman–Crippen LogP) is -0.234. The van der Waals surface area contributed by atoms with E-state index in [0.717, 1.165) is 0 Å². The number of hydrogen-bond acceptors (Lipinski definition) is 3. The van der Waals surface area contributed by atoms with Gasteiger partial charge in [-0.05, 0) is 12.1 Å². The molecule has 0 aliphatic rings. The highest BCUT2D eigenvalue weighted by molar-refractivity contribution is 5.93. The second-order valence-electron chi connectivity index (χ2n) is 1.72. The number of aromatic nitrogens is 1. The normalized spacial score (nSPS) is 8.09. The van der Waals surface area contributed by atoms with Crippen LogP contribution < -0.4 is 11.3 Å². The summed E-state index contributed by atoms with van der Waals surface area (Å²) in [5, 5.41) is 0. The largest absolute Gasteiger partial charge is 0.290 e. The lowest BCUT2D eigenvalue weighted by Crippen LogP contribution is -2.29. The molecule has 0 fully saturated rings. The Morgan fingerprint density at radius 1 is 1.64 bits per heavy atom. The van der Waals surface area contributed by atoms with Crippen molar-refractivity contribution < 1.29 is 4.79 Å². The van der Waals surface area contributed by atoms with E-state index in [-0.39, 0.29) is 13.3 Å². The summed E-state index contributed by atoms with van der Waals surface area (Å²) in [4.78, 5) is 14.5. The molecule has 4 nitrogen and oxygen atoms in total. The number of carbonyl (C=O) groups is 1. The van der Waals surface area contributed by atoms with Crippen molar-refractivity contribution in [2.75, 3.05) is 0 Å².